The number of aromatic hydroxyl groups is 2. The van der Waals surface area contributed by atoms with Crippen LogP contribution >= 0.6 is 23.5 Å². The summed E-state index contributed by atoms with van der Waals surface area (Å²) in [6.45, 7) is 3.81. The van der Waals surface area contributed by atoms with E-state index in [0.717, 1.165) is 35.1 Å². The van der Waals surface area contributed by atoms with Crippen molar-refractivity contribution in [3.05, 3.63) is 119 Å². The number of carboxylic acids is 2. The summed E-state index contributed by atoms with van der Waals surface area (Å²) >= 11 is 2.61. The van der Waals surface area contributed by atoms with Crippen LogP contribution in [-0.2, 0) is 41.8 Å². The first-order valence-electron chi connectivity index (χ1n) is 16.0. The third-order valence-electron chi connectivity index (χ3n) is 9.21. The molecule has 2 aliphatic heterocycles. The van der Waals surface area contributed by atoms with Gasteiger partial charge in [0.05, 0.1) is 23.3 Å². The second kappa shape index (κ2) is 13.8. The molecule has 2 amide bonds. The Labute approximate surface area is 297 Å². The van der Waals surface area contributed by atoms with Gasteiger partial charge in [0.15, 0.2) is 0 Å². The van der Waals surface area contributed by atoms with E-state index < -0.39 is 32.2 Å². The van der Waals surface area contributed by atoms with Crippen LogP contribution < -0.4 is 9.80 Å². The third-order valence-corrected chi connectivity index (χ3v) is 12.3. The van der Waals surface area contributed by atoms with Crippen LogP contribution in [0.3, 0.4) is 0 Å². The predicted molar refractivity (Wildman–Crippen MR) is 193 cm³/mol. The largest absolute Gasteiger partial charge is 0.508 e. The highest BCUT2D eigenvalue weighted by atomic mass is 32.2. The quantitative estimate of drug-likeness (QED) is 0.136. The summed E-state index contributed by atoms with van der Waals surface area (Å²) in [6, 6.07) is 28.5. The lowest BCUT2D eigenvalue weighted by Crippen LogP contribution is -2.41. The molecular formula is C38H36N2O8S2. The zero-order chi connectivity index (χ0) is 35.8. The summed E-state index contributed by atoms with van der Waals surface area (Å²) in [6.07, 6.45) is 0.875. The fourth-order valence-corrected chi connectivity index (χ4v) is 9.76. The Morgan fingerprint density at radius 1 is 0.580 bits per heavy atom. The van der Waals surface area contributed by atoms with Crippen LogP contribution in [0.5, 0.6) is 11.5 Å². The number of carbonyl (C=O) groups is 4. The summed E-state index contributed by atoms with van der Waals surface area (Å²) in [5, 5.41) is 37.0. The van der Waals surface area contributed by atoms with Gasteiger partial charge in [0, 0.05) is 11.4 Å². The molecule has 4 N–H and O–H groups in total. The minimum Gasteiger partial charge on any atom is -0.508 e. The number of aliphatic carboxylic acids is 2. The van der Waals surface area contributed by atoms with Gasteiger partial charge < -0.3 is 20.4 Å². The Bertz CT molecular complexity index is 1780. The molecule has 10 nitrogen and oxygen atoms in total. The topological polar surface area (TPSA) is 156 Å². The van der Waals surface area contributed by atoms with E-state index in [1.807, 2.05) is 62.4 Å². The fraction of sp³-hybridized carbons (Fsp3) is 0.263. The molecule has 0 bridgehead atoms. The summed E-state index contributed by atoms with van der Waals surface area (Å²) in [4.78, 5) is 51.6. The number of rotatable bonds is 11. The molecule has 2 aliphatic rings. The van der Waals surface area contributed by atoms with Gasteiger partial charge in [0.1, 0.15) is 21.2 Å². The van der Waals surface area contributed by atoms with E-state index in [-0.39, 0.29) is 36.2 Å². The minimum atomic E-state index is -1.05. The standard InChI is InChI=1S/C38H36N2O8S2/c1-37(39(27-13-17-29(41)18-14-27)35(47)31(49-37)21-33(43)44)25-9-5-23(6-10-25)3-4-24-7-11-26(12-8-24)38(2)40(28-15-19-30(42)20-16-28)36(48)32(50-38)22-34(45)46/h5-20,31-32,41-42H,3-4,21-22H2,1-2H3,(H,43,44)(H,45,46)/t31-,32-,37-,38-/m0/s1. The maximum absolute atomic E-state index is 13.5. The van der Waals surface area contributed by atoms with Crippen molar-refractivity contribution < 1.29 is 39.6 Å². The number of hydrogen-bond donors (Lipinski definition) is 4. The molecule has 0 aliphatic carbocycles. The Morgan fingerprint density at radius 2 is 0.900 bits per heavy atom. The van der Waals surface area contributed by atoms with Gasteiger partial charge in [-0.2, -0.15) is 0 Å². The molecule has 0 radical (unpaired) electrons. The van der Waals surface area contributed by atoms with Crippen molar-refractivity contribution in [2.45, 2.75) is 59.8 Å². The third kappa shape index (κ3) is 6.77. The number of phenolic OH excluding ortho intramolecular Hbond substituents is 2. The SMILES string of the molecule is C[C@@]1(c2ccc(CCc3ccc([C@]4(C)S[C@@H](CC(=O)O)C(=O)N4c4ccc(O)cc4)cc3)cc2)S[C@@H](CC(=O)O)C(=O)N1c1ccc(O)cc1. The van der Waals surface area contributed by atoms with Crippen molar-refractivity contribution in [1.29, 1.82) is 0 Å². The molecule has 258 valence electrons. The van der Waals surface area contributed by atoms with Crippen LogP contribution in [0.1, 0.15) is 48.9 Å². The molecule has 0 saturated carbocycles. The van der Waals surface area contributed by atoms with Crippen molar-refractivity contribution in [3.63, 3.8) is 0 Å². The van der Waals surface area contributed by atoms with Gasteiger partial charge in [-0.25, -0.2) is 0 Å². The monoisotopic (exact) mass is 712 g/mol. The molecule has 2 fully saturated rings. The average molecular weight is 713 g/mol. The summed E-state index contributed by atoms with van der Waals surface area (Å²) < 4.78 is 0. The van der Waals surface area contributed by atoms with Crippen LogP contribution in [0, 0.1) is 0 Å². The van der Waals surface area contributed by atoms with Gasteiger partial charge in [-0.15, -0.1) is 23.5 Å². The fourth-order valence-electron chi connectivity index (χ4n) is 6.64. The molecule has 0 spiro atoms. The number of carboxylic acid groups (broad SMARTS) is 2. The molecule has 0 unspecified atom stereocenters. The molecule has 4 aromatic rings. The highest BCUT2D eigenvalue weighted by molar-refractivity contribution is 8.02. The number of phenols is 2. The zero-order valence-electron chi connectivity index (χ0n) is 27.4. The van der Waals surface area contributed by atoms with E-state index in [1.165, 1.54) is 47.8 Å². The lowest BCUT2D eigenvalue weighted by molar-refractivity contribution is -0.138. The Morgan fingerprint density at radius 3 is 1.20 bits per heavy atom. The molecule has 50 heavy (non-hydrogen) atoms. The normalized spacial score (nSPS) is 23.4. The number of amides is 2. The number of carbonyl (C=O) groups excluding carboxylic acids is 2. The molecule has 4 aromatic carbocycles. The first kappa shape index (κ1) is 34.9. The maximum Gasteiger partial charge on any atom is 0.305 e. The van der Waals surface area contributed by atoms with Gasteiger partial charge in [0.2, 0.25) is 11.8 Å². The van der Waals surface area contributed by atoms with Crippen molar-refractivity contribution in [2.75, 3.05) is 9.80 Å². The van der Waals surface area contributed by atoms with Crippen LogP contribution in [0.15, 0.2) is 97.1 Å². The lowest BCUT2D eigenvalue weighted by Gasteiger charge is -2.35. The Balaban J connectivity index is 1.18. The van der Waals surface area contributed by atoms with Gasteiger partial charge in [0.25, 0.3) is 0 Å². The smallest absolute Gasteiger partial charge is 0.305 e. The summed E-state index contributed by atoms with van der Waals surface area (Å²) in [5.41, 5.74) is 4.99. The van der Waals surface area contributed by atoms with E-state index in [4.69, 9.17) is 0 Å². The Kier molecular flexibility index (Phi) is 9.60. The number of benzene rings is 4. The van der Waals surface area contributed by atoms with Crippen LogP contribution in [-0.4, -0.2) is 54.7 Å². The van der Waals surface area contributed by atoms with Crippen molar-refractivity contribution >= 4 is 58.7 Å². The number of thioether (sulfide) groups is 2. The van der Waals surface area contributed by atoms with E-state index in [1.54, 1.807) is 34.1 Å². The average Bonchev–Trinajstić information content (AvgIpc) is 3.48. The van der Waals surface area contributed by atoms with Gasteiger partial charge in [-0.3, -0.25) is 29.0 Å². The molecular weight excluding hydrogens is 677 g/mol. The molecule has 0 aromatic heterocycles. The van der Waals surface area contributed by atoms with E-state index >= 15 is 0 Å². The van der Waals surface area contributed by atoms with Gasteiger partial charge in [-0.1, -0.05) is 48.5 Å². The molecule has 6 rings (SSSR count). The molecule has 2 saturated heterocycles. The second-order valence-electron chi connectivity index (χ2n) is 12.6. The number of anilines is 2. The van der Waals surface area contributed by atoms with Crippen LogP contribution in [0.2, 0.25) is 0 Å². The van der Waals surface area contributed by atoms with Gasteiger partial charge in [-0.05, 0) is 97.5 Å². The van der Waals surface area contributed by atoms with E-state index in [9.17, 15) is 39.6 Å². The van der Waals surface area contributed by atoms with Crippen LogP contribution in [0.25, 0.3) is 0 Å². The zero-order valence-corrected chi connectivity index (χ0v) is 29.0. The highest BCUT2D eigenvalue weighted by Gasteiger charge is 2.52. The number of aryl methyl sites for hydroxylation is 2. The first-order chi connectivity index (χ1) is 23.8. The first-order valence-corrected chi connectivity index (χ1v) is 17.8. The van der Waals surface area contributed by atoms with Gasteiger partial charge >= 0.3 is 11.9 Å². The van der Waals surface area contributed by atoms with Crippen molar-refractivity contribution in [2.24, 2.45) is 0 Å². The number of hydrogen-bond acceptors (Lipinski definition) is 8. The van der Waals surface area contributed by atoms with Crippen molar-refractivity contribution in [3.8, 4) is 11.5 Å². The van der Waals surface area contributed by atoms with Crippen LogP contribution in [0.4, 0.5) is 11.4 Å². The summed E-state index contributed by atoms with van der Waals surface area (Å²) in [7, 11) is 0. The Hall–Kier alpha value is -4.94. The number of nitrogens with zero attached hydrogens (tertiary/aromatic N) is 2. The van der Waals surface area contributed by atoms with E-state index in [2.05, 4.69) is 0 Å². The van der Waals surface area contributed by atoms with Crippen molar-refractivity contribution in [1.82, 2.24) is 0 Å². The summed E-state index contributed by atoms with van der Waals surface area (Å²) in [5.74, 6) is -2.55. The molecule has 12 heteroatoms. The predicted octanol–water partition coefficient (Wildman–Crippen LogP) is 6.48. The molecule has 2 heterocycles. The lowest BCUT2D eigenvalue weighted by atomic mass is 9.98. The minimum absolute atomic E-state index is 0.0676. The highest BCUT2D eigenvalue weighted by Crippen LogP contribution is 2.53. The van der Waals surface area contributed by atoms with E-state index in [0.29, 0.717) is 11.4 Å². The maximum atomic E-state index is 13.5. The second-order valence-corrected chi connectivity index (χ2v) is 15.8. The molecule has 4 atom stereocenters.